The molecule has 1 rings (SSSR count). The summed E-state index contributed by atoms with van der Waals surface area (Å²) < 4.78 is 25.8. The molecule has 0 aliphatic heterocycles. The zero-order valence-corrected chi connectivity index (χ0v) is 8.76. The predicted molar refractivity (Wildman–Crippen MR) is 57.7 cm³/mol. The van der Waals surface area contributed by atoms with Crippen molar-refractivity contribution < 1.29 is 8.78 Å². The second-order valence-corrected chi connectivity index (χ2v) is 3.38. The van der Waals surface area contributed by atoms with Crippen molar-refractivity contribution in [2.24, 2.45) is 0 Å². The van der Waals surface area contributed by atoms with Crippen molar-refractivity contribution in [1.29, 1.82) is 0 Å². The smallest absolute Gasteiger partial charge is 0.126 e. The molecule has 0 aliphatic rings. The van der Waals surface area contributed by atoms with Crippen LogP contribution in [0.5, 0.6) is 0 Å². The van der Waals surface area contributed by atoms with E-state index in [0.29, 0.717) is 12.0 Å². The van der Waals surface area contributed by atoms with Gasteiger partial charge >= 0.3 is 0 Å². The Labute approximate surface area is 88.8 Å². The van der Waals surface area contributed by atoms with Crippen molar-refractivity contribution in [3.8, 4) is 0 Å². The van der Waals surface area contributed by atoms with Crippen LogP contribution in [0.4, 0.5) is 8.78 Å². The second-order valence-electron chi connectivity index (χ2n) is 3.38. The summed E-state index contributed by atoms with van der Waals surface area (Å²) in [5.41, 5.74) is 0.637. The van der Waals surface area contributed by atoms with Gasteiger partial charge in [0, 0.05) is 12.1 Å². The van der Waals surface area contributed by atoms with Gasteiger partial charge in [0.05, 0.1) is 0 Å². The number of likely N-dealkylation sites (N-methyl/N-ethyl adjacent to an activating group) is 1. The molecular formula is C12H15F2N. The molecule has 0 bridgehead atoms. The molecule has 0 amide bonds. The van der Waals surface area contributed by atoms with Gasteiger partial charge in [-0.3, -0.25) is 0 Å². The lowest BCUT2D eigenvalue weighted by molar-refractivity contribution is 0.570. The molecule has 82 valence electrons. The standard InChI is InChI=1S/C12H15F2N/c1-3-12(15-4-2)7-9-5-10(13)8-11(14)6-9/h3,5-6,8,12,15H,1,4,7H2,2H3. The Kier molecular flexibility index (Phi) is 4.43. The highest BCUT2D eigenvalue weighted by Crippen LogP contribution is 2.10. The van der Waals surface area contributed by atoms with Crippen LogP contribution in [0.15, 0.2) is 30.9 Å². The first-order valence-corrected chi connectivity index (χ1v) is 4.96. The maximum absolute atomic E-state index is 12.9. The molecule has 0 radical (unpaired) electrons. The summed E-state index contributed by atoms with van der Waals surface area (Å²) in [5, 5.41) is 3.16. The molecule has 0 saturated heterocycles. The van der Waals surface area contributed by atoms with Crippen LogP contribution in [0.3, 0.4) is 0 Å². The van der Waals surface area contributed by atoms with Crippen LogP contribution >= 0.6 is 0 Å². The van der Waals surface area contributed by atoms with Gasteiger partial charge < -0.3 is 5.32 Å². The second kappa shape index (κ2) is 5.61. The van der Waals surface area contributed by atoms with Crippen molar-refractivity contribution in [2.45, 2.75) is 19.4 Å². The van der Waals surface area contributed by atoms with E-state index in [1.807, 2.05) is 6.92 Å². The van der Waals surface area contributed by atoms with Crippen LogP contribution in [0.1, 0.15) is 12.5 Å². The van der Waals surface area contributed by atoms with Crippen LogP contribution < -0.4 is 5.32 Å². The molecular weight excluding hydrogens is 196 g/mol. The van der Waals surface area contributed by atoms with E-state index < -0.39 is 11.6 Å². The lowest BCUT2D eigenvalue weighted by atomic mass is 10.1. The van der Waals surface area contributed by atoms with Crippen LogP contribution in [-0.2, 0) is 6.42 Å². The molecule has 0 heterocycles. The highest BCUT2D eigenvalue weighted by molar-refractivity contribution is 5.19. The summed E-state index contributed by atoms with van der Waals surface area (Å²) in [6.45, 7) is 6.45. The minimum atomic E-state index is -0.538. The first kappa shape index (κ1) is 11.9. The van der Waals surface area contributed by atoms with Crippen molar-refractivity contribution in [3.63, 3.8) is 0 Å². The molecule has 0 saturated carbocycles. The highest BCUT2D eigenvalue weighted by atomic mass is 19.1. The average molecular weight is 211 g/mol. The highest BCUT2D eigenvalue weighted by Gasteiger charge is 2.06. The molecule has 0 aromatic heterocycles. The minimum absolute atomic E-state index is 0.0520. The van der Waals surface area contributed by atoms with E-state index in [2.05, 4.69) is 11.9 Å². The minimum Gasteiger partial charge on any atom is -0.310 e. The molecule has 3 heteroatoms. The van der Waals surface area contributed by atoms with E-state index >= 15 is 0 Å². The summed E-state index contributed by atoms with van der Waals surface area (Å²) in [7, 11) is 0. The van der Waals surface area contributed by atoms with Gasteiger partial charge in [0.15, 0.2) is 0 Å². The maximum atomic E-state index is 12.9. The predicted octanol–water partition coefficient (Wildman–Crippen LogP) is 2.67. The van der Waals surface area contributed by atoms with Crippen molar-refractivity contribution in [3.05, 3.63) is 48.1 Å². The number of benzene rings is 1. The summed E-state index contributed by atoms with van der Waals surface area (Å²) in [4.78, 5) is 0. The van der Waals surface area contributed by atoms with E-state index in [-0.39, 0.29) is 6.04 Å². The van der Waals surface area contributed by atoms with Crippen molar-refractivity contribution in [1.82, 2.24) is 5.32 Å². The van der Waals surface area contributed by atoms with E-state index in [1.165, 1.54) is 12.1 Å². The third kappa shape index (κ3) is 3.80. The van der Waals surface area contributed by atoms with Gasteiger partial charge in [-0.2, -0.15) is 0 Å². The van der Waals surface area contributed by atoms with Gasteiger partial charge in [0.25, 0.3) is 0 Å². The number of nitrogens with one attached hydrogen (secondary N) is 1. The Bertz CT molecular complexity index is 316. The molecule has 1 unspecified atom stereocenters. The Balaban J connectivity index is 2.74. The number of halogens is 2. The summed E-state index contributed by atoms with van der Waals surface area (Å²) in [6, 6.07) is 3.62. The van der Waals surface area contributed by atoms with E-state index in [1.54, 1.807) is 6.08 Å². The molecule has 1 atom stereocenters. The number of hydrogen-bond donors (Lipinski definition) is 1. The summed E-state index contributed by atoms with van der Waals surface area (Å²) in [6.07, 6.45) is 2.29. The maximum Gasteiger partial charge on any atom is 0.126 e. The summed E-state index contributed by atoms with van der Waals surface area (Å²) in [5.74, 6) is -1.08. The first-order chi connectivity index (χ1) is 7.15. The monoisotopic (exact) mass is 211 g/mol. The van der Waals surface area contributed by atoms with Gasteiger partial charge in [-0.25, -0.2) is 8.78 Å². The van der Waals surface area contributed by atoms with Gasteiger partial charge in [-0.1, -0.05) is 13.0 Å². The van der Waals surface area contributed by atoms with Gasteiger partial charge in [0.2, 0.25) is 0 Å². The third-order valence-corrected chi connectivity index (χ3v) is 2.13. The molecule has 0 fully saturated rings. The fourth-order valence-corrected chi connectivity index (χ4v) is 1.48. The van der Waals surface area contributed by atoms with Crippen LogP contribution in [0, 0.1) is 11.6 Å². The fourth-order valence-electron chi connectivity index (χ4n) is 1.48. The zero-order valence-electron chi connectivity index (χ0n) is 8.76. The molecule has 15 heavy (non-hydrogen) atoms. The molecule has 1 nitrogen and oxygen atoms in total. The van der Waals surface area contributed by atoms with Crippen LogP contribution in [0.2, 0.25) is 0 Å². The lowest BCUT2D eigenvalue weighted by Gasteiger charge is -2.13. The van der Waals surface area contributed by atoms with Crippen molar-refractivity contribution >= 4 is 0 Å². The van der Waals surface area contributed by atoms with Crippen LogP contribution in [0.25, 0.3) is 0 Å². The summed E-state index contributed by atoms with van der Waals surface area (Å²) >= 11 is 0. The van der Waals surface area contributed by atoms with Crippen molar-refractivity contribution in [2.75, 3.05) is 6.54 Å². The average Bonchev–Trinajstić information content (AvgIpc) is 2.15. The molecule has 1 aromatic carbocycles. The number of rotatable bonds is 5. The normalized spacial score (nSPS) is 12.5. The Morgan fingerprint density at radius 3 is 2.40 bits per heavy atom. The van der Waals surface area contributed by atoms with E-state index in [9.17, 15) is 8.78 Å². The topological polar surface area (TPSA) is 12.0 Å². The molecule has 0 spiro atoms. The quantitative estimate of drug-likeness (QED) is 0.738. The van der Waals surface area contributed by atoms with E-state index in [4.69, 9.17) is 0 Å². The Morgan fingerprint density at radius 1 is 1.33 bits per heavy atom. The fraction of sp³-hybridized carbons (Fsp3) is 0.333. The largest absolute Gasteiger partial charge is 0.310 e. The van der Waals surface area contributed by atoms with Gasteiger partial charge in [-0.15, -0.1) is 6.58 Å². The Morgan fingerprint density at radius 2 is 1.93 bits per heavy atom. The SMILES string of the molecule is C=CC(Cc1cc(F)cc(F)c1)NCC. The van der Waals surface area contributed by atoms with Crippen LogP contribution in [-0.4, -0.2) is 12.6 Å². The van der Waals surface area contributed by atoms with Gasteiger partial charge in [0.1, 0.15) is 11.6 Å². The third-order valence-electron chi connectivity index (χ3n) is 2.13. The zero-order chi connectivity index (χ0) is 11.3. The molecule has 1 aromatic rings. The van der Waals surface area contributed by atoms with Gasteiger partial charge in [-0.05, 0) is 30.7 Å². The molecule has 0 aliphatic carbocycles. The number of hydrogen-bond acceptors (Lipinski definition) is 1. The van der Waals surface area contributed by atoms with E-state index in [0.717, 1.165) is 12.6 Å². The molecule has 1 N–H and O–H groups in total. The lowest BCUT2D eigenvalue weighted by Crippen LogP contribution is -2.28. The first-order valence-electron chi connectivity index (χ1n) is 4.96. The Hall–Kier alpha value is -1.22.